The molecule has 1 rings (SSSR count). The molecule has 1 saturated heterocycles. The number of unbranched alkanes of at least 4 members (excludes halogenated alkanes) is 1. The summed E-state index contributed by atoms with van der Waals surface area (Å²) in [6.45, 7) is 5.79. The highest BCUT2D eigenvalue weighted by Crippen LogP contribution is 2.29. The van der Waals surface area contributed by atoms with E-state index in [9.17, 15) is 4.79 Å². The van der Waals surface area contributed by atoms with E-state index in [-0.39, 0.29) is 0 Å². The van der Waals surface area contributed by atoms with Crippen molar-refractivity contribution in [2.24, 2.45) is 0 Å². The fourth-order valence-corrected chi connectivity index (χ4v) is 1.99. The van der Waals surface area contributed by atoms with Gasteiger partial charge >= 0.3 is 6.16 Å². The normalized spacial score (nSPS) is 21.4. The van der Waals surface area contributed by atoms with Crippen LogP contribution in [0.15, 0.2) is 23.3 Å². The third-order valence-corrected chi connectivity index (χ3v) is 3.04. The first-order valence-corrected chi connectivity index (χ1v) is 6.51. The number of ether oxygens (including phenoxy) is 2. The number of rotatable bonds is 5. The third kappa shape index (κ3) is 3.93. The van der Waals surface area contributed by atoms with Crippen molar-refractivity contribution in [3.8, 4) is 0 Å². The van der Waals surface area contributed by atoms with Crippen molar-refractivity contribution >= 4 is 17.9 Å². The number of hydrogen-bond acceptors (Lipinski definition) is 4. The molecule has 16 heavy (non-hydrogen) atoms. The van der Waals surface area contributed by atoms with E-state index in [4.69, 9.17) is 9.47 Å². The van der Waals surface area contributed by atoms with Crippen LogP contribution < -0.4 is 0 Å². The molecule has 3 nitrogen and oxygen atoms in total. The second kappa shape index (κ2) is 5.99. The van der Waals surface area contributed by atoms with Crippen molar-refractivity contribution in [3.05, 3.63) is 23.3 Å². The van der Waals surface area contributed by atoms with E-state index in [2.05, 4.69) is 6.92 Å². The van der Waals surface area contributed by atoms with Crippen molar-refractivity contribution in [1.29, 1.82) is 0 Å². The van der Waals surface area contributed by atoms with Crippen LogP contribution in [0.1, 0.15) is 33.6 Å². The Hall–Kier alpha value is -0.900. The second-order valence-corrected chi connectivity index (χ2v) is 5.06. The summed E-state index contributed by atoms with van der Waals surface area (Å²) in [5.74, 6) is 1.68. The summed E-state index contributed by atoms with van der Waals surface area (Å²) in [5.41, 5.74) is -0.643. The van der Waals surface area contributed by atoms with Gasteiger partial charge in [-0.2, -0.15) is 0 Å². The van der Waals surface area contributed by atoms with Crippen LogP contribution in [0.5, 0.6) is 0 Å². The molecule has 0 bridgehead atoms. The molecule has 0 aromatic carbocycles. The SMILES string of the molecule is CCCCS/C=C/C=C1\OC(=O)OC1(C)C. The Morgan fingerprint density at radius 3 is 2.75 bits per heavy atom. The molecular weight excluding hydrogens is 224 g/mol. The Kier molecular flexibility index (Phi) is 4.93. The topological polar surface area (TPSA) is 35.5 Å². The van der Waals surface area contributed by atoms with Gasteiger partial charge in [0.15, 0.2) is 11.4 Å². The molecular formula is C12H18O3S. The Balaban J connectivity index is 2.42. The Labute approximate surface area is 101 Å². The highest BCUT2D eigenvalue weighted by molar-refractivity contribution is 8.02. The summed E-state index contributed by atoms with van der Waals surface area (Å²) in [6.07, 6.45) is 5.47. The van der Waals surface area contributed by atoms with E-state index in [0.29, 0.717) is 5.76 Å². The van der Waals surface area contributed by atoms with Gasteiger partial charge in [0, 0.05) is 0 Å². The number of allylic oxidation sites excluding steroid dienone is 2. The zero-order valence-electron chi connectivity index (χ0n) is 9.99. The molecule has 0 aliphatic carbocycles. The van der Waals surface area contributed by atoms with Gasteiger partial charge in [0.1, 0.15) is 0 Å². The maximum absolute atomic E-state index is 10.9. The Bertz CT molecular complexity index is 305. The molecule has 0 atom stereocenters. The molecule has 1 aliphatic rings. The summed E-state index contributed by atoms with van der Waals surface area (Å²) in [5, 5.41) is 2.00. The minimum absolute atomic E-state index is 0.560. The van der Waals surface area contributed by atoms with E-state index in [1.807, 2.05) is 25.3 Å². The first-order chi connectivity index (χ1) is 7.56. The summed E-state index contributed by atoms with van der Waals surface area (Å²) in [4.78, 5) is 10.9. The van der Waals surface area contributed by atoms with Gasteiger partial charge in [-0.05, 0) is 37.5 Å². The molecule has 0 radical (unpaired) electrons. The molecule has 0 amide bonds. The zero-order valence-corrected chi connectivity index (χ0v) is 10.8. The second-order valence-electron chi connectivity index (χ2n) is 4.05. The van der Waals surface area contributed by atoms with Crippen LogP contribution in [0.4, 0.5) is 4.79 Å². The fraction of sp³-hybridized carbons (Fsp3) is 0.583. The smallest absolute Gasteiger partial charge is 0.420 e. The van der Waals surface area contributed by atoms with Crippen LogP contribution in [-0.2, 0) is 9.47 Å². The quantitative estimate of drug-likeness (QED) is 0.541. The largest absolute Gasteiger partial charge is 0.514 e. The van der Waals surface area contributed by atoms with Crippen molar-refractivity contribution in [3.63, 3.8) is 0 Å². The molecule has 0 unspecified atom stereocenters. The maximum atomic E-state index is 10.9. The fourth-order valence-electron chi connectivity index (χ4n) is 1.20. The van der Waals surface area contributed by atoms with Crippen LogP contribution in [0.25, 0.3) is 0 Å². The van der Waals surface area contributed by atoms with Gasteiger partial charge in [-0.3, -0.25) is 0 Å². The standard InChI is InChI=1S/C12H18O3S/c1-4-5-8-16-9-6-7-10-12(2,3)15-11(13)14-10/h6-7,9H,4-5,8H2,1-3H3/b9-6+,10-7-. The van der Waals surface area contributed by atoms with Gasteiger partial charge in [0.2, 0.25) is 0 Å². The summed E-state index contributed by atoms with van der Waals surface area (Å²) in [6, 6.07) is 0. The number of hydrogen-bond donors (Lipinski definition) is 0. The Morgan fingerprint density at radius 1 is 1.44 bits per heavy atom. The zero-order chi connectivity index (χ0) is 12.0. The highest BCUT2D eigenvalue weighted by Gasteiger charge is 2.38. The highest BCUT2D eigenvalue weighted by atomic mass is 32.2. The number of thioether (sulfide) groups is 1. The monoisotopic (exact) mass is 242 g/mol. The van der Waals surface area contributed by atoms with Gasteiger partial charge in [0.25, 0.3) is 0 Å². The van der Waals surface area contributed by atoms with Crippen molar-refractivity contribution in [1.82, 2.24) is 0 Å². The van der Waals surface area contributed by atoms with Crippen LogP contribution in [0.3, 0.4) is 0 Å². The van der Waals surface area contributed by atoms with Gasteiger partial charge in [0.05, 0.1) is 0 Å². The van der Waals surface area contributed by atoms with Crippen molar-refractivity contribution in [2.75, 3.05) is 5.75 Å². The molecule has 0 saturated carbocycles. The average Bonchev–Trinajstić information content (AvgIpc) is 2.45. The summed E-state index contributed by atoms with van der Waals surface area (Å²) >= 11 is 1.76. The maximum Gasteiger partial charge on any atom is 0.514 e. The molecule has 0 N–H and O–H groups in total. The van der Waals surface area contributed by atoms with Crippen LogP contribution >= 0.6 is 11.8 Å². The Morgan fingerprint density at radius 2 is 2.19 bits per heavy atom. The van der Waals surface area contributed by atoms with E-state index in [0.717, 1.165) is 5.75 Å². The van der Waals surface area contributed by atoms with Gasteiger partial charge < -0.3 is 9.47 Å². The molecule has 1 heterocycles. The summed E-state index contributed by atoms with van der Waals surface area (Å²) < 4.78 is 9.93. The first kappa shape index (κ1) is 13.2. The molecule has 0 aromatic heterocycles. The minimum Gasteiger partial charge on any atom is -0.420 e. The molecule has 0 aromatic rings. The lowest BCUT2D eigenvalue weighted by atomic mass is 10.1. The lowest BCUT2D eigenvalue weighted by Gasteiger charge is -2.12. The number of carbonyl (C=O) groups excluding carboxylic acids is 1. The van der Waals surface area contributed by atoms with Crippen molar-refractivity contribution < 1.29 is 14.3 Å². The lowest BCUT2D eigenvalue weighted by molar-refractivity contribution is 0.0872. The van der Waals surface area contributed by atoms with Crippen LogP contribution in [0, 0.1) is 0 Å². The first-order valence-electron chi connectivity index (χ1n) is 5.46. The van der Waals surface area contributed by atoms with Crippen molar-refractivity contribution in [2.45, 2.75) is 39.2 Å². The summed E-state index contributed by atoms with van der Waals surface area (Å²) in [7, 11) is 0. The number of cyclic esters (lactones) is 2. The lowest BCUT2D eigenvalue weighted by Crippen LogP contribution is -2.20. The predicted molar refractivity (Wildman–Crippen MR) is 66.2 cm³/mol. The van der Waals surface area contributed by atoms with Crippen LogP contribution in [-0.4, -0.2) is 17.5 Å². The van der Waals surface area contributed by atoms with Gasteiger partial charge in [-0.1, -0.05) is 19.4 Å². The van der Waals surface area contributed by atoms with Gasteiger partial charge in [-0.15, -0.1) is 11.8 Å². The average molecular weight is 242 g/mol. The minimum atomic E-state index is -0.643. The predicted octanol–water partition coefficient (Wildman–Crippen LogP) is 3.86. The molecule has 4 heteroatoms. The molecule has 1 fully saturated rings. The molecule has 90 valence electrons. The number of carbonyl (C=O) groups is 1. The molecule has 1 aliphatic heterocycles. The van der Waals surface area contributed by atoms with Gasteiger partial charge in [-0.25, -0.2) is 4.79 Å². The van der Waals surface area contributed by atoms with Crippen LogP contribution in [0.2, 0.25) is 0 Å². The van der Waals surface area contributed by atoms with E-state index < -0.39 is 11.8 Å². The van der Waals surface area contributed by atoms with E-state index in [1.54, 1.807) is 17.8 Å². The van der Waals surface area contributed by atoms with E-state index >= 15 is 0 Å². The van der Waals surface area contributed by atoms with E-state index in [1.165, 1.54) is 12.8 Å². The third-order valence-electron chi connectivity index (χ3n) is 2.16. The molecule has 0 spiro atoms.